The molecule has 2 rings (SSSR count). The van der Waals surface area contributed by atoms with E-state index in [-0.39, 0.29) is 11.5 Å². The molecule has 1 aromatic rings. The number of hydrogen-bond acceptors (Lipinski definition) is 2. The third kappa shape index (κ3) is 4.73. The molecular formula is C17H26N2O2. The van der Waals surface area contributed by atoms with E-state index in [2.05, 4.69) is 10.3 Å². The summed E-state index contributed by atoms with van der Waals surface area (Å²) in [6.07, 6.45) is 8.06. The van der Waals surface area contributed by atoms with Crippen molar-refractivity contribution in [3.63, 3.8) is 0 Å². The van der Waals surface area contributed by atoms with Gasteiger partial charge in [0.2, 0.25) is 5.91 Å². The number of aryl methyl sites for hydroxylation is 2. The van der Waals surface area contributed by atoms with Gasteiger partial charge in [-0.25, -0.2) is 0 Å². The molecule has 116 valence electrons. The van der Waals surface area contributed by atoms with Gasteiger partial charge in [-0.3, -0.25) is 9.59 Å². The van der Waals surface area contributed by atoms with E-state index in [1.807, 2.05) is 19.9 Å². The van der Waals surface area contributed by atoms with Crippen molar-refractivity contribution in [3.05, 3.63) is 33.2 Å². The molecule has 0 aliphatic heterocycles. The Morgan fingerprint density at radius 1 is 1.29 bits per heavy atom. The second kappa shape index (κ2) is 7.43. The fourth-order valence-corrected chi connectivity index (χ4v) is 3.19. The van der Waals surface area contributed by atoms with Crippen LogP contribution < -0.4 is 10.9 Å². The first-order valence-corrected chi connectivity index (χ1v) is 8.02. The Kier molecular flexibility index (Phi) is 5.59. The summed E-state index contributed by atoms with van der Waals surface area (Å²) in [5.74, 6) is 0.772. The van der Waals surface area contributed by atoms with Gasteiger partial charge < -0.3 is 10.3 Å². The van der Waals surface area contributed by atoms with Gasteiger partial charge in [0.1, 0.15) is 0 Å². The molecule has 2 N–H and O–H groups in total. The van der Waals surface area contributed by atoms with Gasteiger partial charge in [-0.1, -0.05) is 32.1 Å². The third-order valence-corrected chi connectivity index (χ3v) is 4.46. The van der Waals surface area contributed by atoms with Crippen molar-refractivity contribution in [3.8, 4) is 0 Å². The van der Waals surface area contributed by atoms with Gasteiger partial charge in [0.25, 0.3) is 5.56 Å². The smallest absolute Gasteiger partial charge is 0.253 e. The first-order valence-electron chi connectivity index (χ1n) is 8.02. The zero-order valence-corrected chi connectivity index (χ0v) is 13.1. The molecular weight excluding hydrogens is 264 g/mol. The van der Waals surface area contributed by atoms with Crippen molar-refractivity contribution in [2.24, 2.45) is 5.92 Å². The summed E-state index contributed by atoms with van der Waals surface area (Å²) in [6, 6.07) is 1.94. The fourth-order valence-electron chi connectivity index (χ4n) is 3.19. The average molecular weight is 290 g/mol. The molecule has 0 atom stereocenters. The van der Waals surface area contributed by atoms with Crippen LogP contribution in [0.15, 0.2) is 10.9 Å². The molecule has 1 aliphatic carbocycles. The van der Waals surface area contributed by atoms with Crippen LogP contribution in [0.1, 0.15) is 61.8 Å². The van der Waals surface area contributed by atoms with Crippen LogP contribution in [0, 0.1) is 19.8 Å². The van der Waals surface area contributed by atoms with E-state index < -0.39 is 0 Å². The van der Waals surface area contributed by atoms with Crippen LogP contribution in [-0.4, -0.2) is 10.9 Å². The Balaban J connectivity index is 1.80. The summed E-state index contributed by atoms with van der Waals surface area (Å²) in [7, 11) is 0. The lowest BCUT2D eigenvalue weighted by Gasteiger charge is -2.21. The molecule has 1 fully saturated rings. The van der Waals surface area contributed by atoms with Gasteiger partial charge in [-0.2, -0.15) is 0 Å². The summed E-state index contributed by atoms with van der Waals surface area (Å²) in [5, 5.41) is 2.88. The fraction of sp³-hybridized carbons (Fsp3) is 0.647. The number of rotatable bonds is 5. The SMILES string of the molecule is Cc1cc(C)c(CNC(=O)CCC2CCCCC2)c(=O)[nH]1. The Labute approximate surface area is 126 Å². The maximum absolute atomic E-state index is 11.9. The minimum Gasteiger partial charge on any atom is -0.352 e. The monoisotopic (exact) mass is 290 g/mol. The van der Waals surface area contributed by atoms with E-state index in [0.29, 0.717) is 24.4 Å². The lowest BCUT2D eigenvalue weighted by atomic mass is 9.86. The van der Waals surface area contributed by atoms with E-state index in [1.54, 1.807) is 0 Å². The van der Waals surface area contributed by atoms with Crippen LogP contribution in [0.5, 0.6) is 0 Å². The molecule has 0 bridgehead atoms. The van der Waals surface area contributed by atoms with Gasteiger partial charge in [0.15, 0.2) is 0 Å². The Morgan fingerprint density at radius 3 is 2.67 bits per heavy atom. The van der Waals surface area contributed by atoms with E-state index >= 15 is 0 Å². The van der Waals surface area contributed by atoms with Crippen molar-refractivity contribution in [1.29, 1.82) is 0 Å². The summed E-state index contributed by atoms with van der Waals surface area (Å²) in [6.45, 7) is 4.09. The molecule has 4 nitrogen and oxygen atoms in total. The number of amides is 1. The number of carbonyl (C=O) groups is 1. The first kappa shape index (κ1) is 15.8. The van der Waals surface area contributed by atoms with Crippen LogP contribution in [0.2, 0.25) is 0 Å². The highest BCUT2D eigenvalue weighted by Crippen LogP contribution is 2.27. The second-order valence-corrected chi connectivity index (χ2v) is 6.26. The van der Waals surface area contributed by atoms with E-state index in [9.17, 15) is 9.59 Å². The summed E-state index contributed by atoms with van der Waals surface area (Å²) >= 11 is 0. The van der Waals surface area contributed by atoms with Crippen molar-refractivity contribution in [2.75, 3.05) is 0 Å². The number of aromatic nitrogens is 1. The second-order valence-electron chi connectivity index (χ2n) is 6.26. The third-order valence-electron chi connectivity index (χ3n) is 4.46. The molecule has 1 saturated carbocycles. The van der Waals surface area contributed by atoms with Crippen molar-refractivity contribution < 1.29 is 4.79 Å². The van der Waals surface area contributed by atoms with E-state index in [1.165, 1.54) is 32.1 Å². The van der Waals surface area contributed by atoms with Crippen molar-refractivity contribution in [1.82, 2.24) is 10.3 Å². The Morgan fingerprint density at radius 2 is 2.00 bits per heavy atom. The quantitative estimate of drug-likeness (QED) is 0.875. The topological polar surface area (TPSA) is 62.0 Å². The Hall–Kier alpha value is -1.58. The standard InChI is InChI=1S/C17H26N2O2/c1-12-10-13(2)19-17(21)15(12)11-18-16(20)9-8-14-6-4-3-5-7-14/h10,14H,3-9,11H2,1-2H3,(H,18,20)(H,19,21). The molecule has 1 amide bonds. The molecule has 0 radical (unpaired) electrons. The predicted octanol–water partition coefficient (Wildman–Crippen LogP) is 2.97. The maximum Gasteiger partial charge on any atom is 0.253 e. The number of pyridine rings is 1. The van der Waals surface area contributed by atoms with Gasteiger partial charge in [0.05, 0.1) is 0 Å². The van der Waals surface area contributed by atoms with Crippen LogP contribution in [-0.2, 0) is 11.3 Å². The lowest BCUT2D eigenvalue weighted by molar-refractivity contribution is -0.121. The highest BCUT2D eigenvalue weighted by Gasteiger charge is 2.15. The molecule has 21 heavy (non-hydrogen) atoms. The van der Waals surface area contributed by atoms with Crippen LogP contribution >= 0.6 is 0 Å². The zero-order chi connectivity index (χ0) is 15.2. The largest absolute Gasteiger partial charge is 0.352 e. The summed E-state index contributed by atoms with van der Waals surface area (Å²) in [5.41, 5.74) is 2.35. The normalized spacial score (nSPS) is 15.9. The molecule has 4 heteroatoms. The zero-order valence-electron chi connectivity index (χ0n) is 13.1. The lowest BCUT2D eigenvalue weighted by Crippen LogP contribution is -2.28. The number of hydrogen-bond donors (Lipinski definition) is 2. The molecule has 0 saturated heterocycles. The molecule has 1 aromatic heterocycles. The number of carbonyl (C=O) groups excluding carboxylic acids is 1. The minimum atomic E-state index is -0.0971. The average Bonchev–Trinajstić information content (AvgIpc) is 2.45. The minimum absolute atomic E-state index is 0.0555. The molecule has 0 spiro atoms. The van der Waals surface area contributed by atoms with Gasteiger partial charge in [-0.15, -0.1) is 0 Å². The number of aromatic amines is 1. The van der Waals surface area contributed by atoms with Gasteiger partial charge in [-0.05, 0) is 37.8 Å². The molecule has 0 aromatic carbocycles. The highest BCUT2D eigenvalue weighted by atomic mass is 16.1. The van der Waals surface area contributed by atoms with E-state index in [4.69, 9.17) is 0 Å². The highest BCUT2D eigenvalue weighted by molar-refractivity contribution is 5.75. The number of H-pyrrole nitrogens is 1. The Bertz CT molecular complexity index is 542. The molecule has 0 unspecified atom stereocenters. The number of nitrogens with one attached hydrogen (secondary N) is 2. The van der Waals surface area contributed by atoms with Crippen LogP contribution in [0.4, 0.5) is 0 Å². The first-order chi connectivity index (χ1) is 10.1. The van der Waals surface area contributed by atoms with Crippen LogP contribution in [0.3, 0.4) is 0 Å². The predicted molar refractivity (Wildman–Crippen MR) is 84.2 cm³/mol. The summed E-state index contributed by atoms with van der Waals surface area (Å²) < 4.78 is 0. The maximum atomic E-state index is 11.9. The molecule has 1 aliphatic rings. The summed E-state index contributed by atoms with van der Waals surface area (Å²) in [4.78, 5) is 26.6. The van der Waals surface area contributed by atoms with E-state index in [0.717, 1.165) is 17.7 Å². The van der Waals surface area contributed by atoms with Gasteiger partial charge in [0, 0.05) is 24.2 Å². The van der Waals surface area contributed by atoms with Crippen molar-refractivity contribution >= 4 is 5.91 Å². The van der Waals surface area contributed by atoms with Crippen LogP contribution in [0.25, 0.3) is 0 Å². The van der Waals surface area contributed by atoms with Gasteiger partial charge >= 0.3 is 0 Å². The molecule has 1 heterocycles. The van der Waals surface area contributed by atoms with Crippen molar-refractivity contribution in [2.45, 2.75) is 65.3 Å².